The van der Waals surface area contributed by atoms with E-state index in [1.807, 2.05) is 113 Å². The van der Waals surface area contributed by atoms with E-state index in [1.165, 1.54) is 38.8 Å². The Morgan fingerprint density at radius 1 is 0.514 bits per heavy atom. The van der Waals surface area contributed by atoms with Gasteiger partial charge in [-0.25, -0.2) is 0 Å². The zero-order chi connectivity index (χ0) is 54.3. The van der Waals surface area contributed by atoms with E-state index in [0.29, 0.717) is 17.9 Å². The van der Waals surface area contributed by atoms with Gasteiger partial charge in [-0.05, 0) is 124 Å². The van der Waals surface area contributed by atoms with E-state index in [2.05, 4.69) is 49.5 Å². The molecule has 2 amide bonds. The van der Waals surface area contributed by atoms with Gasteiger partial charge in [-0.2, -0.15) is 11.8 Å². The molecule has 0 fully saturated rings. The first kappa shape index (κ1) is 71.2. The molecule has 0 saturated carbocycles. The monoisotopic (exact) mass is 1060 g/mol. The van der Waals surface area contributed by atoms with Crippen molar-refractivity contribution in [1.29, 1.82) is 0 Å². The van der Waals surface area contributed by atoms with E-state index >= 15 is 0 Å². The molecule has 72 heavy (non-hydrogen) atoms. The maximum absolute atomic E-state index is 11.0. The lowest BCUT2D eigenvalue weighted by molar-refractivity contribution is -0.195. The zero-order valence-electron chi connectivity index (χ0n) is 43.2. The molecule has 0 aliphatic rings. The molecule has 0 aliphatic carbocycles. The number of nitrogens with two attached hydrogens (primary N) is 4. The third-order valence-corrected chi connectivity index (χ3v) is 9.78. The number of amides is 2. The van der Waals surface area contributed by atoms with Crippen molar-refractivity contribution in [3.05, 3.63) is 107 Å². The van der Waals surface area contributed by atoms with Gasteiger partial charge in [0, 0.05) is 67.3 Å². The second-order valence-electron chi connectivity index (χ2n) is 15.2. The second kappa shape index (κ2) is 43.5. The Morgan fingerprint density at radius 3 is 1.10 bits per heavy atom. The van der Waals surface area contributed by atoms with Gasteiger partial charge in [0.1, 0.15) is 23.0 Å². The van der Waals surface area contributed by atoms with Gasteiger partial charge < -0.3 is 45.8 Å². The average molecular weight is 1060 g/mol. The first-order valence-corrected chi connectivity index (χ1v) is 23.3. The Morgan fingerprint density at radius 2 is 0.819 bits per heavy atom. The van der Waals surface area contributed by atoms with Crippen LogP contribution in [0.4, 0.5) is 0 Å². The zero-order valence-corrected chi connectivity index (χ0v) is 45.7. The van der Waals surface area contributed by atoms with Crippen LogP contribution in [0.5, 0.6) is 23.0 Å². The van der Waals surface area contributed by atoms with Crippen molar-refractivity contribution < 1.29 is 61.5 Å². The normalized spacial score (nSPS) is 11.3. The molecule has 4 radical (unpaired) electrons. The summed E-state index contributed by atoms with van der Waals surface area (Å²) in [6, 6.07) is 27.9. The van der Waals surface area contributed by atoms with E-state index < -0.39 is 11.9 Å². The van der Waals surface area contributed by atoms with E-state index in [4.69, 9.17) is 42.2 Å². The molecule has 4 aromatic rings. The quantitative estimate of drug-likeness (QED) is 0.0145. The van der Waals surface area contributed by atoms with Gasteiger partial charge in [0.25, 0.3) is 0 Å². The number of hydrogen-bond donors (Lipinski definition) is 6. The van der Waals surface area contributed by atoms with Crippen molar-refractivity contribution in [3.8, 4) is 23.0 Å². The Kier molecular flexibility index (Phi) is 43.1. The summed E-state index contributed by atoms with van der Waals surface area (Å²) in [5.74, 6) is 11.5. The smallest absolute Gasteiger partial charge is 0.310 e. The third-order valence-electron chi connectivity index (χ3n) is 8.49. The third kappa shape index (κ3) is 36.8. The highest BCUT2D eigenvalue weighted by atomic mass is 35.5. The van der Waals surface area contributed by atoms with Crippen LogP contribution in [0.25, 0.3) is 0 Å². The van der Waals surface area contributed by atoms with Gasteiger partial charge in [-0.15, -0.1) is 31.1 Å². The molecule has 0 heterocycles. The van der Waals surface area contributed by atoms with Crippen LogP contribution in [0.15, 0.2) is 94.7 Å². The lowest BCUT2D eigenvalue weighted by Gasteiger charge is -2.14. The molecule has 4 atom stereocenters. The number of methoxy groups -OCH3 is 4. The summed E-state index contributed by atoms with van der Waals surface area (Å²) in [6.07, 6.45) is 3.26. The van der Waals surface area contributed by atoms with Gasteiger partial charge in [-0.1, -0.05) is 36.4 Å². The fourth-order valence-electron chi connectivity index (χ4n) is 5.91. The molecule has 4 rings (SSSR count). The summed E-state index contributed by atoms with van der Waals surface area (Å²) < 4.78 is 33.7. The minimum absolute atomic E-state index is 0. The molecular weight excluding hydrogens is 990 g/mol. The second-order valence-corrected chi connectivity index (χ2v) is 16.7. The molecule has 4 aromatic carbocycles. The SMILES string of the molecule is CC(=O)OC(C)=O.COc1ccc(C[C@@H](C)N)cc1.COc1ccc(C[C@@H](C)N)cc1SOON.COc1ccc(C[C@@H](C)NC(C)=O)cc1.COc1ccc(C[C@@H](C)NC(C)=O)cc1SOON.Cl.[B][B]. The average Bonchev–Trinajstić information content (AvgIpc) is 3.31. The van der Waals surface area contributed by atoms with Crippen molar-refractivity contribution in [2.45, 2.75) is 115 Å². The Balaban J connectivity index is -0.000000838. The van der Waals surface area contributed by atoms with Crippen LogP contribution in [0, 0.1) is 0 Å². The van der Waals surface area contributed by atoms with E-state index in [0.717, 1.165) is 75.8 Å². The van der Waals surface area contributed by atoms with Crippen LogP contribution < -0.4 is 52.8 Å². The molecular formula is C48H73B2ClN6O13S2. The van der Waals surface area contributed by atoms with Crippen molar-refractivity contribution >= 4 is 75.7 Å². The fraction of sp³-hybridized carbons (Fsp3) is 0.417. The predicted molar refractivity (Wildman–Crippen MR) is 286 cm³/mol. The van der Waals surface area contributed by atoms with Crippen LogP contribution >= 0.6 is 36.5 Å². The van der Waals surface area contributed by atoms with Crippen molar-refractivity contribution in [2.75, 3.05) is 28.4 Å². The number of carbonyl (C=O) groups excluding carboxylic acids is 4. The topological polar surface area (TPSA) is 279 Å². The van der Waals surface area contributed by atoms with E-state index in [1.54, 1.807) is 28.4 Å². The van der Waals surface area contributed by atoms with Gasteiger partial charge in [-0.3, -0.25) is 19.2 Å². The molecule has 24 heteroatoms. The minimum atomic E-state index is -0.562. The summed E-state index contributed by atoms with van der Waals surface area (Å²) >= 11 is 1.97. The highest BCUT2D eigenvalue weighted by molar-refractivity contribution is 7.94. The fourth-order valence-corrected chi connectivity index (χ4v) is 7.00. The molecule has 398 valence electrons. The highest BCUT2D eigenvalue weighted by Crippen LogP contribution is 2.32. The van der Waals surface area contributed by atoms with Crippen molar-refractivity contribution in [3.63, 3.8) is 0 Å². The minimum Gasteiger partial charge on any atom is -0.497 e. The molecule has 0 unspecified atom stereocenters. The maximum Gasteiger partial charge on any atom is 0.310 e. The Labute approximate surface area is 442 Å². The molecule has 0 bridgehead atoms. The summed E-state index contributed by atoms with van der Waals surface area (Å²) in [6.45, 7) is 13.3. The van der Waals surface area contributed by atoms with Crippen LogP contribution in [-0.4, -0.2) is 91.8 Å². The molecule has 10 N–H and O–H groups in total. The number of ether oxygens (including phenoxy) is 5. The maximum atomic E-state index is 11.0. The Bertz CT molecular complexity index is 2070. The molecule has 19 nitrogen and oxygen atoms in total. The van der Waals surface area contributed by atoms with Gasteiger partial charge >= 0.3 is 11.9 Å². The van der Waals surface area contributed by atoms with Gasteiger partial charge in [0.15, 0.2) is 0 Å². The first-order valence-electron chi connectivity index (χ1n) is 21.8. The Hall–Kier alpha value is -5.04. The van der Waals surface area contributed by atoms with Gasteiger partial charge in [0.05, 0.1) is 62.3 Å². The van der Waals surface area contributed by atoms with E-state index in [9.17, 15) is 19.2 Å². The van der Waals surface area contributed by atoms with E-state index in [-0.39, 0.29) is 48.4 Å². The van der Waals surface area contributed by atoms with Crippen LogP contribution in [0.1, 0.15) is 77.6 Å². The standard InChI is InChI=1S/C12H18N2O4S.C12H17NO2.C10H16N2O3S.C10H15NO.C4H6O3.B2.ClH/c1-8(14-9(2)15)6-10-4-5-11(16-3)12(7-10)19-18-17-13;1-9(13-10(2)14)8-11-4-6-12(15-3)7-5-11;1-7(11)5-8-3-4-9(13-2)10(6-8)16-15-14-12;1-8(11)7-9-3-5-10(12-2)6-4-9;1-3(5)7-4(2)6;1-2;/h4-5,7-8H,6,13H2,1-3H3,(H,14,15);4-7,9H,8H2,1-3H3,(H,13,14);3-4,6-7H,5,11-12H2,1-2H3;3-6,8H,7,11H2,1-2H3;1-2H3;;1H/t8-;9-;7-;8-;;;/m1111.../s1. The number of benzene rings is 4. The summed E-state index contributed by atoms with van der Waals surface area (Å²) in [5.41, 5.74) is 16.0. The molecule has 0 saturated heterocycles. The number of halogens is 1. The predicted octanol–water partition coefficient (Wildman–Crippen LogP) is 6.11. The lowest BCUT2D eigenvalue weighted by Crippen LogP contribution is -2.32. The number of hydrogen-bond acceptors (Lipinski definition) is 19. The van der Waals surface area contributed by atoms with Crippen LogP contribution in [0.2, 0.25) is 0 Å². The van der Waals surface area contributed by atoms with Crippen molar-refractivity contribution in [1.82, 2.24) is 10.6 Å². The molecule has 0 aliphatic heterocycles. The number of carbonyl (C=O) groups is 4. The number of nitrogens with one attached hydrogen (secondary N) is 2. The van der Waals surface area contributed by atoms with Crippen molar-refractivity contribution in [2.24, 2.45) is 23.3 Å². The van der Waals surface area contributed by atoms with Gasteiger partial charge in [0.2, 0.25) is 11.8 Å². The van der Waals surface area contributed by atoms with Crippen LogP contribution in [-0.2, 0) is 68.2 Å². The summed E-state index contributed by atoms with van der Waals surface area (Å²) in [5, 5.41) is 5.68. The first-order chi connectivity index (χ1) is 33.7. The lowest BCUT2D eigenvalue weighted by atomic mass is 9.81. The number of rotatable bonds is 20. The summed E-state index contributed by atoms with van der Waals surface area (Å²) in [7, 11) is 14.5. The van der Waals surface area contributed by atoms with Crippen LogP contribution in [0.3, 0.4) is 0 Å². The highest BCUT2D eigenvalue weighted by Gasteiger charge is 2.11. The largest absolute Gasteiger partial charge is 0.497 e. The molecule has 0 spiro atoms. The molecule has 0 aromatic heterocycles. The number of esters is 2. The summed E-state index contributed by atoms with van der Waals surface area (Å²) in [4.78, 5) is 51.1.